The molecule has 0 saturated heterocycles. The van der Waals surface area contributed by atoms with Crippen LogP contribution >= 0.6 is 11.6 Å². The summed E-state index contributed by atoms with van der Waals surface area (Å²) in [5, 5.41) is 3.35. The summed E-state index contributed by atoms with van der Waals surface area (Å²) in [5.41, 5.74) is 0.978. The molecule has 2 rings (SSSR count). The molecule has 8 heteroatoms. The van der Waals surface area contributed by atoms with Crippen LogP contribution in [0.25, 0.3) is 0 Å². The Balaban J connectivity index is 0.000000436. The lowest BCUT2D eigenvalue weighted by atomic mass is 10.2. The average molecular weight is 423 g/mol. The molecule has 0 spiro atoms. The molecule has 0 radical (unpaired) electrons. The molecule has 1 N–H and O–H groups in total. The van der Waals surface area contributed by atoms with Crippen LogP contribution in [0, 0.1) is 6.92 Å². The van der Waals surface area contributed by atoms with E-state index < -0.39 is 17.7 Å². The number of rotatable bonds is 5. The number of aryl methyl sites for hydroxylation is 1. The second-order valence-electron chi connectivity index (χ2n) is 6.94. The third kappa shape index (κ3) is 10.4. The van der Waals surface area contributed by atoms with Crippen molar-refractivity contribution in [3.05, 3.63) is 58.9 Å². The van der Waals surface area contributed by atoms with Gasteiger partial charge in [0.05, 0.1) is 19.9 Å². The van der Waals surface area contributed by atoms with E-state index >= 15 is 0 Å². The number of carbonyl (C=O) groups excluding carboxylic acids is 2. The predicted molar refractivity (Wildman–Crippen MR) is 111 cm³/mol. The number of esters is 1. The molecule has 0 bridgehead atoms. The first kappa shape index (κ1) is 24.2. The maximum absolute atomic E-state index is 11.5. The molecule has 1 aromatic heterocycles. The molecule has 7 nitrogen and oxygen atoms in total. The van der Waals surface area contributed by atoms with E-state index in [1.807, 2.05) is 31.2 Å². The van der Waals surface area contributed by atoms with E-state index in [9.17, 15) is 9.59 Å². The molecule has 0 unspecified atom stereocenters. The van der Waals surface area contributed by atoms with E-state index in [2.05, 4.69) is 15.0 Å². The fourth-order valence-electron chi connectivity index (χ4n) is 1.94. The van der Waals surface area contributed by atoms with Crippen LogP contribution in [-0.2, 0) is 9.47 Å². The van der Waals surface area contributed by atoms with Crippen molar-refractivity contribution in [2.75, 3.05) is 20.3 Å². The summed E-state index contributed by atoms with van der Waals surface area (Å²) in [6.07, 6.45) is 2.36. The molecule has 158 valence electrons. The SMILES string of the molecule is COC(=O)c1ccncc1OCCNC(=O)OC(C)(C)C.Cc1ccc(Cl)cc1. The van der Waals surface area contributed by atoms with Gasteiger partial charge >= 0.3 is 12.1 Å². The molecule has 0 saturated carbocycles. The molecule has 1 aromatic carbocycles. The third-order valence-corrected chi connectivity index (χ3v) is 3.48. The molecule has 0 atom stereocenters. The molecule has 29 heavy (non-hydrogen) atoms. The minimum absolute atomic E-state index is 0.176. The van der Waals surface area contributed by atoms with E-state index in [4.69, 9.17) is 21.1 Å². The number of nitrogens with zero attached hydrogens (tertiary/aromatic N) is 1. The Morgan fingerprint density at radius 2 is 1.79 bits per heavy atom. The van der Waals surface area contributed by atoms with E-state index in [0.717, 1.165) is 5.02 Å². The first-order valence-electron chi connectivity index (χ1n) is 8.96. The quantitative estimate of drug-likeness (QED) is 0.567. The van der Waals surface area contributed by atoms with Crippen LogP contribution in [0.4, 0.5) is 4.79 Å². The van der Waals surface area contributed by atoms with Gasteiger partial charge < -0.3 is 19.5 Å². The number of methoxy groups -OCH3 is 1. The smallest absolute Gasteiger partial charge is 0.407 e. The highest BCUT2D eigenvalue weighted by Crippen LogP contribution is 2.17. The lowest BCUT2D eigenvalue weighted by Crippen LogP contribution is -2.34. The zero-order valence-electron chi connectivity index (χ0n) is 17.3. The predicted octanol–water partition coefficient (Wildman–Crippen LogP) is 4.42. The summed E-state index contributed by atoms with van der Waals surface area (Å²) >= 11 is 5.61. The van der Waals surface area contributed by atoms with E-state index in [-0.39, 0.29) is 18.7 Å². The Bertz CT molecular complexity index is 767. The molecule has 2 aromatic rings. The molecule has 1 amide bonds. The first-order valence-corrected chi connectivity index (χ1v) is 9.34. The zero-order chi connectivity index (χ0) is 21.9. The van der Waals surface area contributed by atoms with Crippen molar-refractivity contribution >= 4 is 23.7 Å². The Labute approximate surface area is 176 Å². The lowest BCUT2D eigenvalue weighted by molar-refractivity contribution is 0.0516. The van der Waals surface area contributed by atoms with E-state index in [1.165, 1.54) is 31.1 Å². The lowest BCUT2D eigenvalue weighted by Gasteiger charge is -2.19. The highest BCUT2D eigenvalue weighted by molar-refractivity contribution is 6.30. The maximum atomic E-state index is 11.5. The van der Waals surface area contributed by atoms with Crippen LogP contribution in [0.2, 0.25) is 5.02 Å². The Morgan fingerprint density at radius 1 is 1.14 bits per heavy atom. The molecule has 1 heterocycles. The van der Waals surface area contributed by atoms with Crippen molar-refractivity contribution in [2.24, 2.45) is 0 Å². The highest BCUT2D eigenvalue weighted by Gasteiger charge is 2.16. The number of carbonyl (C=O) groups is 2. The number of halogens is 1. The van der Waals surface area contributed by atoms with Gasteiger partial charge in [-0.05, 0) is 45.9 Å². The van der Waals surface area contributed by atoms with Gasteiger partial charge in [-0.15, -0.1) is 0 Å². The molecule has 0 aliphatic rings. The number of benzene rings is 1. The van der Waals surface area contributed by atoms with Gasteiger partial charge in [-0.1, -0.05) is 29.3 Å². The van der Waals surface area contributed by atoms with Crippen molar-refractivity contribution in [1.29, 1.82) is 0 Å². The van der Waals surface area contributed by atoms with Gasteiger partial charge in [0.15, 0.2) is 5.75 Å². The second-order valence-corrected chi connectivity index (χ2v) is 7.37. The number of amides is 1. The zero-order valence-corrected chi connectivity index (χ0v) is 18.1. The van der Waals surface area contributed by atoms with E-state index in [0.29, 0.717) is 5.75 Å². The van der Waals surface area contributed by atoms with Crippen LogP contribution in [0.5, 0.6) is 5.75 Å². The minimum atomic E-state index is -0.549. The molecular formula is C21H27ClN2O5. The average Bonchev–Trinajstić information content (AvgIpc) is 2.66. The van der Waals surface area contributed by atoms with Crippen molar-refractivity contribution in [2.45, 2.75) is 33.3 Å². The van der Waals surface area contributed by atoms with Crippen molar-refractivity contribution in [3.8, 4) is 5.75 Å². The molecule has 0 fully saturated rings. The van der Waals surface area contributed by atoms with Crippen LogP contribution in [-0.4, -0.2) is 42.9 Å². The van der Waals surface area contributed by atoms with Gasteiger partial charge in [0, 0.05) is 11.2 Å². The number of hydrogen-bond donors (Lipinski definition) is 1. The molecule has 0 aliphatic carbocycles. The number of aromatic nitrogens is 1. The Morgan fingerprint density at radius 3 is 2.34 bits per heavy atom. The Kier molecular flexibility index (Phi) is 9.96. The normalized spacial score (nSPS) is 10.3. The van der Waals surface area contributed by atoms with Crippen LogP contribution < -0.4 is 10.1 Å². The van der Waals surface area contributed by atoms with Crippen LogP contribution in [0.3, 0.4) is 0 Å². The first-order chi connectivity index (χ1) is 13.6. The maximum Gasteiger partial charge on any atom is 0.407 e. The van der Waals surface area contributed by atoms with Gasteiger partial charge in [0.25, 0.3) is 0 Å². The topological polar surface area (TPSA) is 86.8 Å². The summed E-state index contributed by atoms with van der Waals surface area (Å²) in [7, 11) is 1.29. The summed E-state index contributed by atoms with van der Waals surface area (Å²) in [6.45, 7) is 7.79. The summed E-state index contributed by atoms with van der Waals surface area (Å²) in [4.78, 5) is 26.8. The van der Waals surface area contributed by atoms with Gasteiger partial charge in [-0.2, -0.15) is 0 Å². The Hall–Kier alpha value is -2.80. The standard InChI is InChI=1S/C14H20N2O5.C7H7Cl/c1-14(2,3)21-13(18)16-7-8-20-11-9-15-6-5-10(11)12(17)19-4;1-6-2-4-7(8)5-3-6/h5-6,9H,7-8H2,1-4H3,(H,16,18);2-5H,1H3. The van der Waals surface area contributed by atoms with Gasteiger partial charge in [-0.25, -0.2) is 9.59 Å². The van der Waals surface area contributed by atoms with Crippen molar-refractivity contribution in [3.63, 3.8) is 0 Å². The van der Waals surface area contributed by atoms with Crippen molar-refractivity contribution in [1.82, 2.24) is 10.3 Å². The number of ether oxygens (including phenoxy) is 3. The second kappa shape index (κ2) is 11.9. The highest BCUT2D eigenvalue weighted by atomic mass is 35.5. The fraction of sp³-hybridized carbons (Fsp3) is 0.381. The minimum Gasteiger partial charge on any atom is -0.489 e. The van der Waals surface area contributed by atoms with Crippen molar-refractivity contribution < 1.29 is 23.8 Å². The van der Waals surface area contributed by atoms with Gasteiger partial charge in [0.1, 0.15) is 17.8 Å². The fourth-order valence-corrected chi connectivity index (χ4v) is 2.06. The largest absolute Gasteiger partial charge is 0.489 e. The van der Waals surface area contributed by atoms with Gasteiger partial charge in [0.2, 0.25) is 0 Å². The van der Waals surface area contributed by atoms with E-state index in [1.54, 1.807) is 20.8 Å². The van der Waals surface area contributed by atoms with Crippen LogP contribution in [0.15, 0.2) is 42.7 Å². The number of alkyl carbamates (subject to hydrolysis) is 1. The monoisotopic (exact) mass is 422 g/mol. The van der Waals surface area contributed by atoms with Crippen LogP contribution in [0.1, 0.15) is 36.7 Å². The van der Waals surface area contributed by atoms with Gasteiger partial charge in [-0.3, -0.25) is 4.98 Å². The number of pyridine rings is 1. The summed E-state index contributed by atoms with van der Waals surface area (Å²) in [6, 6.07) is 9.25. The molecular weight excluding hydrogens is 396 g/mol. The summed E-state index contributed by atoms with van der Waals surface area (Å²) < 4.78 is 15.1. The summed E-state index contributed by atoms with van der Waals surface area (Å²) in [5.74, 6) is -0.206. The number of nitrogens with one attached hydrogen (secondary N) is 1. The third-order valence-electron chi connectivity index (χ3n) is 3.23. The number of hydrogen-bond acceptors (Lipinski definition) is 6. The molecule has 0 aliphatic heterocycles.